The van der Waals surface area contributed by atoms with Crippen LogP contribution in [0.5, 0.6) is 5.75 Å². The van der Waals surface area contributed by atoms with E-state index >= 15 is 4.39 Å². The van der Waals surface area contributed by atoms with Crippen molar-refractivity contribution in [3.05, 3.63) is 82.3 Å². The summed E-state index contributed by atoms with van der Waals surface area (Å²) in [5, 5.41) is 7.09. The van der Waals surface area contributed by atoms with Gasteiger partial charge in [-0.05, 0) is 74.8 Å². The maximum Gasteiger partial charge on any atom is 0.407 e. The van der Waals surface area contributed by atoms with Crippen LogP contribution < -0.4 is 15.4 Å². The fraction of sp³-hybridized carbons (Fsp3) is 0.426. The summed E-state index contributed by atoms with van der Waals surface area (Å²) in [4.78, 5) is 76.9. The number of methoxy groups -OCH3 is 2. The van der Waals surface area contributed by atoms with Crippen LogP contribution in [-0.2, 0) is 19.1 Å². The van der Waals surface area contributed by atoms with Gasteiger partial charge in [0.25, 0.3) is 0 Å². The summed E-state index contributed by atoms with van der Waals surface area (Å²) in [5.74, 6) is 0.353. The standard InChI is InChI=1S/C47H53FN10O7S/c1-23(2)39(54-46(61)63-6)43(59)56-14-8-10-33(56)41-50-20-30(52-41)26-12-13-32-28(16-26)18-35-38-29(48)17-27(19-36(38)65-45(58(32)35)37-22-49-25(5)66-37)31-21-51-42(53-31)34-11-9-15-57(34)44(60)40(24(3)4)55-47(62)64-7/h12-13,16-24,33-34,39-40,45H,8-11,14-15H2,1-7H3,(H,50,52)(H,51,53)(H,54,61)(H,55,62)/t33-,34-,39-,40-,45?/m0/s1. The van der Waals surface area contributed by atoms with Gasteiger partial charge in [-0.25, -0.2) is 28.9 Å². The Bertz CT molecular complexity index is 2830. The number of fused-ring (bicyclic) bond motifs is 5. The first-order valence-corrected chi connectivity index (χ1v) is 23.0. The van der Waals surface area contributed by atoms with Crippen molar-refractivity contribution in [3.8, 4) is 39.5 Å². The van der Waals surface area contributed by atoms with Crippen LogP contribution in [0.2, 0.25) is 0 Å². The molecule has 0 radical (unpaired) electrons. The number of nitrogens with zero attached hydrogens (tertiary/aromatic N) is 6. The minimum absolute atomic E-state index is 0.154. The van der Waals surface area contributed by atoms with Crippen LogP contribution in [0.15, 0.2) is 55.0 Å². The Morgan fingerprint density at radius 3 is 1.89 bits per heavy atom. The lowest BCUT2D eigenvalue weighted by atomic mass is 10.0. The zero-order valence-corrected chi connectivity index (χ0v) is 38.6. The molecule has 7 heterocycles. The fourth-order valence-corrected chi connectivity index (χ4v) is 10.3. The summed E-state index contributed by atoms with van der Waals surface area (Å²) in [6.07, 6.45) is 6.16. The summed E-state index contributed by atoms with van der Waals surface area (Å²) >= 11 is 1.50. The lowest BCUT2D eigenvalue weighted by Gasteiger charge is -2.30. The molecule has 6 aromatic rings. The number of hydrogen-bond acceptors (Lipinski definition) is 11. The number of halogens is 1. The van der Waals surface area contributed by atoms with Gasteiger partial charge in [-0.1, -0.05) is 33.8 Å². The van der Waals surface area contributed by atoms with Crippen molar-refractivity contribution in [3.63, 3.8) is 0 Å². The van der Waals surface area contributed by atoms with Crippen molar-refractivity contribution >= 4 is 46.2 Å². The Morgan fingerprint density at radius 2 is 1.36 bits per heavy atom. The number of ether oxygens (including phenoxy) is 3. The number of imidazole rings is 2. The number of nitrogens with one attached hydrogen (secondary N) is 4. The van der Waals surface area contributed by atoms with Gasteiger partial charge in [-0.15, -0.1) is 11.3 Å². The highest BCUT2D eigenvalue weighted by molar-refractivity contribution is 7.11. The Morgan fingerprint density at radius 1 is 0.788 bits per heavy atom. The van der Waals surface area contributed by atoms with Crippen molar-refractivity contribution in [2.75, 3.05) is 27.3 Å². The molecule has 66 heavy (non-hydrogen) atoms. The summed E-state index contributed by atoms with van der Waals surface area (Å²) in [7, 11) is 2.54. The van der Waals surface area contributed by atoms with Crippen molar-refractivity contribution < 1.29 is 37.8 Å². The number of amides is 4. The van der Waals surface area contributed by atoms with E-state index in [1.54, 1.807) is 28.4 Å². The number of carbonyl (C=O) groups is 4. The lowest BCUT2D eigenvalue weighted by molar-refractivity contribution is -0.136. The highest BCUT2D eigenvalue weighted by atomic mass is 32.1. The van der Waals surface area contributed by atoms with E-state index in [-0.39, 0.29) is 35.7 Å². The molecule has 4 N–H and O–H groups in total. The predicted molar refractivity (Wildman–Crippen MR) is 244 cm³/mol. The van der Waals surface area contributed by atoms with Gasteiger partial charge in [0.15, 0.2) is 0 Å². The van der Waals surface area contributed by atoms with E-state index in [0.717, 1.165) is 51.3 Å². The first-order chi connectivity index (χ1) is 31.7. The summed E-state index contributed by atoms with van der Waals surface area (Å²) in [5.41, 5.74) is 4.48. The minimum atomic E-state index is -0.773. The lowest BCUT2D eigenvalue weighted by Crippen LogP contribution is -2.51. The zero-order valence-electron chi connectivity index (χ0n) is 37.8. The number of likely N-dealkylation sites (tertiary alicyclic amines) is 2. The SMILES string of the molecule is COC(=O)N[C@H](C(=O)N1CCC[C@H]1c1ncc(-c2cc(F)c3c(c2)OC(c2cnc(C)s2)n2c-3cc3cc(-c4cnc([C@@H]5CCCN5C(=O)[C@@H](NC(=O)OC)C(C)C)[nH]4)ccc32)[nH]1)C(C)C. The quantitative estimate of drug-likeness (QED) is 0.0986. The average molecular weight is 921 g/mol. The molecule has 17 nitrogen and oxygen atoms in total. The van der Waals surface area contributed by atoms with Crippen LogP contribution in [0.25, 0.3) is 44.7 Å². The number of alkyl carbamates (subject to hydrolysis) is 2. The molecule has 0 bridgehead atoms. The molecule has 0 aliphatic carbocycles. The van der Waals surface area contributed by atoms with Crippen LogP contribution in [0, 0.1) is 24.6 Å². The smallest absolute Gasteiger partial charge is 0.407 e. The monoisotopic (exact) mass is 920 g/mol. The largest absolute Gasteiger partial charge is 0.464 e. The van der Waals surface area contributed by atoms with Crippen molar-refractivity contribution in [1.82, 2.24) is 49.9 Å². The van der Waals surface area contributed by atoms with Gasteiger partial charge < -0.3 is 44.6 Å². The number of aryl methyl sites for hydroxylation is 1. The molecule has 1 unspecified atom stereocenters. The number of aromatic amines is 2. The van der Waals surface area contributed by atoms with Gasteiger partial charge in [0.05, 0.1) is 76.7 Å². The number of rotatable bonds is 11. The van der Waals surface area contributed by atoms with Crippen LogP contribution in [0.3, 0.4) is 0 Å². The van der Waals surface area contributed by atoms with E-state index in [4.69, 9.17) is 19.2 Å². The second kappa shape index (κ2) is 17.9. The molecule has 2 saturated heterocycles. The zero-order chi connectivity index (χ0) is 46.6. The van der Waals surface area contributed by atoms with Gasteiger partial charge in [-0.2, -0.15) is 0 Å². The maximum absolute atomic E-state index is 16.8. The first-order valence-electron chi connectivity index (χ1n) is 22.2. The molecule has 19 heteroatoms. The van der Waals surface area contributed by atoms with E-state index in [2.05, 4.69) is 30.6 Å². The molecule has 5 atom stereocenters. The molecular formula is C47H53FN10O7S. The number of H-pyrrole nitrogens is 2. The highest BCUT2D eigenvalue weighted by Crippen LogP contribution is 2.48. The second-order valence-corrected chi connectivity index (χ2v) is 19.0. The fourth-order valence-electron chi connectivity index (χ4n) is 9.47. The molecule has 0 saturated carbocycles. The average Bonchev–Trinajstić information content (AvgIpc) is 4.16. The number of carbonyl (C=O) groups excluding carboxylic acids is 4. The summed E-state index contributed by atoms with van der Waals surface area (Å²) in [6, 6.07) is 9.08. The minimum Gasteiger partial charge on any atom is -0.464 e. The number of hydrogen-bond donors (Lipinski definition) is 4. The molecule has 3 aliphatic rings. The molecule has 4 amide bonds. The number of aromatic nitrogens is 6. The first kappa shape index (κ1) is 44.4. The Hall–Kier alpha value is -6.76. The molecule has 4 aromatic heterocycles. The molecule has 2 fully saturated rings. The van der Waals surface area contributed by atoms with Gasteiger partial charge in [0.1, 0.15) is 35.3 Å². The van der Waals surface area contributed by atoms with Crippen molar-refractivity contribution in [2.45, 2.75) is 90.7 Å². The van der Waals surface area contributed by atoms with Crippen molar-refractivity contribution in [1.29, 1.82) is 0 Å². The van der Waals surface area contributed by atoms with Crippen LogP contribution in [0.1, 0.15) is 93.2 Å². The second-order valence-electron chi connectivity index (χ2n) is 17.7. The Balaban J connectivity index is 1.02. The van der Waals surface area contributed by atoms with E-state index in [9.17, 15) is 19.2 Å². The van der Waals surface area contributed by atoms with Gasteiger partial charge >= 0.3 is 12.2 Å². The normalized spacial score (nSPS) is 18.8. The highest BCUT2D eigenvalue weighted by Gasteiger charge is 2.40. The van der Waals surface area contributed by atoms with Crippen LogP contribution in [0.4, 0.5) is 14.0 Å². The molecule has 9 rings (SSSR count). The van der Waals surface area contributed by atoms with E-state index in [1.807, 2.05) is 69.5 Å². The Kier molecular flexibility index (Phi) is 12.1. The van der Waals surface area contributed by atoms with Crippen LogP contribution >= 0.6 is 11.3 Å². The third-order valence-electron chi connectivity index (χ3n) is 12.8. The maximum atomic E-state index is 16.8. The molecule has 346 valence electrons. The van der Waals surface area contributed by atoms with Gasteiger partial charge in [0.2, 0.25) is 18.0 Å². The van der Waals surface area contributed by atoms with Crippen LogP contribution in [-0.4, -0.2) is 103 Å². The third-order valence-corrected chi connectivity index (χ3v) is 13.7. The van der Waals surface area contributed by atoms with Crippen molar-refractivity contribution in [2.24, 2.45) is 11.8 Å². The molecule has 3 aliphatic heterocycles. The van der Waals surface area contributed by atoms with E-state index in [1.165, 1.54) is 31.6 Å². The summed E-state index contributed by atoms with van der Waals surface area (Å²) < 4.78 is 35.1. The van der Waals surface area contributed by atoms with Gasteiger partial charge in [0, 0.05) is 35.8 Å². The summed E-state index contributed by atoms with van der Waals surface area (Å²) in [6.45, 7) is 10.5. The third kappa shape index (κ3) is 8.13. The predicted octanol–water partition coefficient (Wildman–Crippen LogP) is 8.02. The molecule has 0 spiro atoms. The Labute approximate surface area is 384 Å². The molecular weight excluding hydrogens is 868 g/mol. The molecule has 2 aromatic carbocycles. The van der Waals surface area contributed by atoms with Gasteiger partial charge in [-0.3, -0.25) is 14.2 Å². The number of benzene rings is 2. The van der Waals surface area contributed by atoms with E-state index < -0.39 is 36.3 Å². The van der Waals surface area contributed by atoms with E-state index in [0.29, 0.717) is 59.4 Å². The number of thiazole rings is 1. The topological polar surface area (TPSA) is 202 Å².